The average molecular weight is 274 g/mol. The SMILES string of the molecule is CC(C)CNCc1ccc(Cl)cc1SCCO. The van der Waals surface area contributed by atoms with Crippen LogP contribution in [0.5, 0.6) is 0 Å². The van der Waals surface area contributed by atoms with Crippen molar-refractivity contribution < 1.29 is 5.11 Å². The molecule has 0 amide bonds. The number of aliphatic hydroxyl groups is 1. The molecule has 0 aromatic heterocycles. The maximum absolute atomic E-state index is 8.87. The Balaban J connectivity index is 2.62. The highest BCUT2D eigenvalue weighted by atomic mass is 35.5. The standard InChI is InChI=1S/C13H20ClNOS/c1-10(2)8-15-9-11-3-4-12(14)7-13(11)17-6-5-16/h3-4,7,10,15-16H,5-6,8-9H2,1-2H3. The first-order valence-electron chi connectivity index (χ1n) is 5.86. The highest BCUT2D eigenvalue weighted by molar-refractivity contribution is 7.99. The van der Waals surface area contributed by atoms with Crippen LogP contribution < -0.4 is 5.32 Å². The Bertz CT molecular complexity index is 344. The largest absolute Gasteiger partial charge is 0.396 e. The molecule has 0 atom stereocenters. The van der Waals surface area contributed by atoms with Gasteiger partial charge in [0.2, 0.25) is 0 Å². The van der Waals surface area contributed by atoms with Gasteiger partial charge in [0.15, 0.2) is 0 Å². The number of rotatable bonds is 7. The third-order valence-electron chi connectivity index (χ3n) is 2.25. The molecule has 0 saturated heterocycles. The van der Waals surface area contributed by atoms with Gasteiger partial charge in [-0.2, -0.15) is 0 Å². The van der Waals surface area contributed by atoms with Gasteiger partial charge in [0.05, 0.1) is 6.61 Å². The van der Waals surface area contributed by atoms with Crippen LogP contribution in [0.15, 0.2) is 23.1 Å². The molecule has 0 bridgehead atoms. The molecule has 0 fully saturated rings. The summed E-state index contributed by atoms with van der Waals surface area (Å²) < 4.78 is 0. The van der Waals surface area contributed by atoms with Crippen molar-refractivity contribution in [3.63, 3.8) is 0 Å². The van der Waals surface area contributed by atoms with Gasteiger partial charge in [-0.25, -0.2) is 0 Å². The van der Waals surface area contributed by atoms with E-state index >= 15 is 0 Å². The van der Waals surface area contributed by atoms with Crippen molar-refractivity contribution in [2.75, 3.05) is 18.9 Å². The summed E-state index contributed by atoms with van der Waals surface area (Å²) in [4.78, 5) is 1.16. The first-order chi connectivity index (χ1) is 8.13. The molecular formula is C13H20ClNOS. The first kappa shape index (κ1) is 14.8. The molecule has 0 aliphatic rings. The Morgan fingerprint density at radius 1 is 1.41 bits per heavy atom. The van der Waals surface area contributed by atoms with Crippen LogP contribution in [0.1, 0.15) is 19.4 Å². The number of halogens is 1. The number of hydrogen-bond donors (Lipinski definition) is 2. The Labute approximate surface area is 113 Å². The quantitative estimate of drug-likeness (QED) is 0.749. The van der Waals surface area contributed by atoms with E-state index < -0.39 is 0 Å². The summed E-state index contributed by atoms with van der Waals surface area (Å²) in [6, 6.07) is 5.93. The monoisotopic (exact) mass is 273 g/mol. The minimum absolute atomic E-state index is 0.191. The minimum atomic E-state index is 0.191. The molecular weight excluding hydrogens is 254 g/mol. The van der Waals surface area contributed by atoms with E-state index in [4.69, 9.17) is 16.7 Å². The van der Waals surface area contributed by atoms with E-state index in [1.165, 1.54) is 5.56 Å². The minimum Gasteiger partial charge on any atom is -0.396 e. The molecule has 1 rings (SSSR count). The van der Waals surface area contributed by atoms with E-state index in [2.05, 4.69) is 25.2 Å². The molecule has 1 aromatic rings. The van der Waals surface area contributed by atoms with E-state index in [9.17, 15) is 0 Å². The normalized spacial score (nSPS) is 11.1. The molecule has 0 saturated carbocycles. The van der Waals surface area contributed by atoms with Crippen LogP contribution in [0.2, 0.25) is 5.02 Å². The van der Waals surface area contributed by atoms with Crippen LogP contribution in [0.4, 0.5) is 0 Å². The number of aliphatic hydroxyl groups excluding tert-OH is 1. The van der Waals surface area contributed by atoms with Gasteiger partial charge in [0, 0.05) is 22.2 Å². The topological polar surface area (TPSA) is 32.3 Å². The molecule has 0 heterocycles. The molecule has 0 aliphatic heterocycles. The van der Waals surface area contributed by atoms with Crippen LogP contribution in [-0.4, -0.2) is 24.0 Å². The molecule has 1 aromatic carbocycles. The lowest BCUT2D eigenvalue weighted by atomic mass is 10.2. The summed E-state index contributed by atoms with van der Waals surface area (Å²) in [5.74, 6) is 1.35. The smallest absolute Gasteiger partial charge is 0.0525 e. The number of hydrogen-bond acceptors (Lipinski definition) is 3. The van der Waals surface area contributed by atoms with E-state index in [-0.39, 0.29) is 6.61 Å². The maximum atomic E-state index is 8.87. The van der Waals surface area contributed by atoms with Crippen LogP contribution in [-0.2, 0) is 6.54 Å². The van der Waals surface area contributed by atoms with Crippen LogP contribution in [0.25, 0.3) is 0 Å². The van der Waals surface area contributed by atoms with E-state index in [0.29, 0.717) is 11.7 Å². The van der Waals surface area contributed by atoms with Gasteiger partial charge in [0.1, 0.15) is 0 Å². The third-order valence-corrected chi connectivity index (χ3v) is 3.56. The third kappa shape index (κ3) is 5.77. The fourth-order valence-electron chi connectivity index (χ4n) is 1.46. The summed E-state index contributed by atoms with van der Waals surface area (Å²) in [5.41, 5.74) is 1.24. The fraction of sp³-hybridized carbons (Fsp3) is 0.538. The van der Waals surface area contributed by atoms with E-state index in [1.807, 2.05) is 12.1 Å². The summed E-state index contributed by atoms with van der Waals surface area (Å²) in [6.45, 7) is 6.43. The average Bonchev–Trinajstić information content (AvgIpc) is 2.28. The lowest BCUT2D eigenvalue weighted by Gasteiger charge is -2.11. The second-order valence-corrected chi connectivity index (χ2v) is 5.92. The molecule has 0 radical (unpaired) electrons. The van der Waals surface area contributed by atoms with Crippen molar-refractivity contribution in [2.45, 2.75) is 25.3 Å². The molecule has 4 heteroatoms. The maximum Gasteiger partial charge on any atom is 0.0525 e. The Morgan fingerprint density at radius 3 is 2.82 bits per heavy atom. The predicted molar refractivity (Wildman–Crippen MR) is 75.8 cm³/mol. The zero-order valence-corrected chi connectivity index (χ0v) is 11.9. The zero-order valence-electron chi connectivity index (χ0n) is 10.4. The van der Waals surface area contributed by atoms with Gasteiger partial charge in [-0.3, -0.25) is 0 Å². The van der Waals surface area contributed by atoms with Crippen LogP contribution >= 0.6 is 23.4 Å². The van der Waals surface area contributed by atoms with Gasteiger partial charge in [-0.1, -0.05) is 31.5 Å². The van der Waals surface area contributed by atoms with Crippen LogP contribution in [0, 0.1) is 5.92 Å². The van der Waals surface area contributed by atoms with Gasteiger partial charge < -0.3 is 10.4 Å². The lowest BCUT2D eigenvalue weighted by Crippen LogP contribution is -2.19. The van der Waals surface area contributed by atoms with Crippen molar-refractivity contribution in [3.05, 3.63) is 28.8 Å². The summed E-state index contributed by atoms with van der Waals surface area (Å²) in [7, 11) is 0. The summed E-state index contributed by atoms with van der Waals surface area (Å²) in [5, 5.41) is 13.0. The van der Waals surface area contributed by atoms with Gasteiger partial charge in [-0.05, 0) is 30.2 Å². The van der Waals surface area contributed by atoms with Crippen molar-refractivity contribution in [3.8, 4) is 0 Å². The summed E-state index contributed by atoms with van der Waals surface area (Å²) in [6.07, 6.45) is 0. The molecule has 96 valence electrons. The first-order valence-corrected chi connectivity index (χ1v) is 7.22. The molecule has 0 aliphatic carbocycles. The van der Waals surface area contributed by atoms with Gasteiger partial charge in [-0.15, -0.1) is 11.8 Å². The van der Waals surface area contributed by atoms with Crippen molar-refractivity contribution in [1.29, 1.82) is 0 Å². The van der Waals surface area contributed by atoms with Crippen LogP contribution in [0.3, 0.4) is 0 Å². The highest BCUT2D eigenvalue weighted by Gasteiger charge is 2.04. The second kappa shape index (κ2) is 7.98. The van der Waals surface area contributed by atoms with Crippen molar-refractivity contribution >= 4 is 23.4 Å². The Morgan fingerprint density at radius 2 is 2.18 bits per heavy atom. The number of nitrogens with one attached hydrogen (secondary N) is 1. The second-order valence-electron chi connectivity index (χ2n) is 4.35. The van der Waals surface area contributed by atoms with Crippen molar-refractivity contribution in [1.82, 2.24) is 5.32 Å². The lowest BCUT2D eigenvalue weighted by molar-refractivity contribution is 0.322. The van der Waals surface area contributed by atoms with Crippen molar-refractivity contribution in [2.24, 2.45) is 5.92 Å². The highest BCUT2D eigenvalue weighted by Crippen LogP contribution is 2.26. The molecule has 2 N–H and O–H groups in total. The fourth-order valence-corrected chi connectivity index (χ4v) is 2.54. The number of thioether (sulfide) groups is 1. The Kier molecular flexibility index (Phi) is 6.97. The van der Waals surface area contributed by atoms with E-state index in [0.717, 1.165) is 23.0 Å². The number of benzene rings is 1. The molecule has 0 unspecified atom stereocenters. The Hall–Kier alpha value is -0.220. The molecule has 2 nitrogen and oxygen atoms in total. The molecule has 17 heavy (non-hydrogen) atoms. The predicted octanol–water partition coefficient (Wildman–Crippen LogP) is 3.17. The molecule has 0 spiro atoms. The van der Waals surface area contributed by atoms with E-state index in [1.54, 1.807) is 11.8 Å². The van der Waals surface area contributed by atoms with Gasteiger partial charge >= 0.3 is 0 Å². The van der Waals surface area contributed by atoms with Gasteiger partial charge in [0.25, 0.3) is 0 Å². The summed E-state index contributed by atoms with van der Waals surface area (Å²) >= 11 is 7.63. The zero-order chi connectivity index (χ0) is 12.7.